The van der Waals surface area contributed by atoms with Crippen molar-refractivity contribution in [1.82, 2.24) is 0 Å². The number of nitro benzene ring substituents is 1. The van der Waals surface area contributed by atoms with E-state index >= 15 is 0 Å². The molecule has 22 heavy (non-hydrogen) atoms. The molecular weight excluding hydrogens is 334 g/mol. The Labute approximate surface area is 130 Å². The Bertz CT molecular complexity index is 832. The van der Waals surface area contributed by atoms with Crippen molar-refractivity contribution < 1.29 is 22.3 Å². The molecule has 0 saturated carbocycles. The zero-order chi connectivity index (χ0) is 16.3. The first-order chi connectivity index (χ1) is 10.3. The highest BCUT2D eigenvalue weighted by Crippen LogP contribution is 2.28. The van der Waals surface area contributed by atoms with Crippen LogP contribution in [0.5, 0.6) is 5.75 Å². The van der Waals surface area contributed by atoms with Crippen LogP contribution in [0.2, 0.25) is 5.02 Å². The number of carbonyl (C=O) groups is 1. The van der Waals surface area contributed by atoms with E-state index in [0.717, 1.165) is 18.2 Å². The van der Waals surface area contributed by atoms with Crippen molar-refractivity contribution in [2.75, 3.05) is 0 Å². The van der Waals surface area contributed by atoms with Crippen LogP contribution >= 0.6 is 11.6 Å². The van der Waals surface area contributed by atoms with Gasteiger partial charge in [-0.15, -0.1) is 0 Å². The third-order valence-electron chi connectivity index (χ3n) is 2.62. The Balaban J connectivity index is 2.39. The zero-order valence-electron chi connectivity index (χ0n) is 10.8. The van der Waals surface area contributed by atoms with Crippen molar-refractivity contribution in [3.63, 3.8) is 0 Å². The van der Waals surface area contributed by atoms with Gasteiger partial charge in [0.2, 0.25) is 0 Å². The number of rotatable bonds is 5. The molecule has 0 radical (unpaired) electrons. The van der Waals surface area contributed by atoms with Crippen molar-refractivity contribution >= 4 is 33.7 Å². The predicted octanol–water partition coefficient (Wildman–Crippen LogP) is 2.83. The van der Waals surface area contributed by atoms with Crippen molar-refractivity contribution in [3.8, 4) is 5.75 Å². The standard InChI is InChI=1S/C13H8ClNO6S/c14-12-6-3-10(15(17)18)7-13(12)22(19,20)21-11-4-1-9(8-16)2-5-11/h1-8H. The smallest absolute Gasteiger partial charge is 0.340 e. The van der Waals surface area contributed by atoms with Crippen LogP contribution in [-0.4, -0.2) is 19.6 Å². The van der Waals surface area contributed by atoms with Gasteiger partial charge in [0, 0.05) is 17.7 Å². The summed E-state index contributed by atoms with van der Waals surface area (Å²) in [6.45, 7) is 0. The van der Waals surface area contributed by atoms with Crippen LogP contribution in [0.25, 0.3) is 0 Å². The summed E-state index contributed by atoms with van der Waals surface area (Å²) in [5.74, 6) is -0.0480. The van der Waals surface area contributed by atoms with Gasteiger partial charge < -0.3 is 4.18 Å². The van der Waals surface area contributed by atoms with Gasteiger partial charge in [-0.2, -0.15) is 8.42 Å². The highest BCUT2D eigenvalue weighted by molar-refractivity contribution is 7.87. The molecule has 0 N–H and O–H groups in total. The fourth-order valence-corrected chi connectivity index (χ4v) is 3.00. The number of nitro groups is 1. The molecule has 0 aliphatic carbocycles. The molecule has 7 nitrogen and oxygen atoms in total. The fourth-order valence-electron chi connectivity index (χ4n) is 1.57. The third-order valence-corrected chi connectivity index (χ3v) is 4.35. The predicted molar refractivity (Wildman–Crippen MR) is 77.7 cm³/mol. The van der Waals surface area contributed by atoms with E-state index in [0.29, 0.717) is 11.8 Å². The maximum atomic E-state index is 12.2. The maximum absolute atomic E-state index is 12.2. The third kappa shape index (κ3) is 3.41. The first-order valence-corrected chi connectivity index (χ1v) is 7.56. The van der Waals surface area contributed by atoms with Gasteiger partial charge in [-0.1, -0.05) is 11.6 Å². The lowest BCUT2D eigenvalue weighted by molar-refractivity contribution is -0.385. The van der Waals surface area contributed by atoms with Gasteiger partial charge in [-0.3, -0.25) is 14.9 Å². The van der Waals surface area contributed by atoms with E-state index in [1.54, 1.807) is 0 Å². The van der Waals surface area contributed by atoms with Crippen molar-refractivity contribution in [1.29, 1.82) is 0 Å². The Hall–Kier alpha value is -2.45. The van der Waals surface area contributed by atoms with Crippen molar-refractivity contribution in [2.24, 2.45) is 0 Å². The summed E-state index contributed by atoms with van der Waals surface area (Å²) in [6.07, 6.45) is 0.593. The number of nitrogens with zero attached hydrogens (tertiary/aromatic N) is 1. The average molecular weight is 342 g/mol. The molecule has 0 unspecified atom stereocenters. The molecule has 0 aliphatic heterocycles. The van der Waals surface area contributed by atoms with Crippen molar-refractivity contribution in [3.05, 3.63) is 63.2 Å². The van der Waals surface area contributed by atoms with Gasteiger partial charge in [0.25, 0.3) is 5.69 Å². The normalized spacial score (nSPS) is 11.0. The van der Waals surface area contributed by atoms with Gasteiger partial charge in [-0.25, -0.2) is 0 Å². The van der Waals surface area contributed by atoms with E-state index < -0.39 is 25.6 Å². The molecule has 0 fully saturated rings. The molecule has 0 amide bonds. The van der Waals surface area contributed by atoms with Gasteiger partial charge in [0.15, 0.2) is 0 Å². The van der Waals surface area contributed by atoms with Crippen molar-refractivity contribution in [2.45, 2.75) is 4.90 Å². The summed E-state index contributed by atoms with van der Waals surface area (Å²) in [5, 5.41) is 10.5. The molecule has 9 heteroatoms. The van der Waals surface area contributed by atoms with Gasteiger partial charge in [-0.05, 0) is 30.3 Å². The van der Waals surface area contributed by atoms with E-state index in [1.165, 1.54) is 24.3 Å². The summed E-state index contributed by atoms with van der Waals surface area (Å²) >= 11 is 5.77. The molecule has 2 aromatic carbocycles. The molecule has 2 rings (SSSR count). The lowest BCUT2D eigenvalue weighted by Gasteiger charge is -2.08. The minimum Gasteiger partial charge on any atom is -0.379 e. The zero-order valence-corrected chi connectivity index (χ0v) is 12.4. The number of hydrogen-bond acceptors (Lipinski definition) is 6. The van der Waals surface area contributed by atoms with Crippen LogP contribution in [0.15, 0.2) is 47.4 Å². The molecule has 0 heterocycles. The van der Waals surface area contributed by atoms with E-state index in [9.17, 15) is 23.3 Å². The molecule has 2 aromatic rings. The highest BCUT2D eigenvalue weighted by atomic mass is 35.5. The minimum absolute atomic E-state index is 0.0480. The topological polar surface area (TPSA) is 104 Å². The molecule has 0 aromatic heterocycles. The van der Waals surface area contributed by atoms with Gasteiger partial charge in [0.05, 0.1) is 9.95 Å². The molecule has 0 aliphatic rings. The monoisotopic (exact) mass is 341 g/mol. The van der Waals surface area contributed by atoms with Gasteiger partial charge in [0.1, 0.15) is 16.9 Å². The first-order valence-electron chi connectivity index (χ1n) is 5.77. The van der Waals surface area contributed by atoms with E-state index in [-0.39, 0.29) is 10.8 Å². The first kappa shape index (κ1) is 15.9. The molecule has 0 bridgehead atoms. The second-order valence-electron chi connectivity index (χ2n) is 4.10. The Morgan fingerprint density at radius 3 is 2.32 bits per heavy atom. The highest BCUT2D eigenvalue weighted by Gasteiger charge is 2.23. The van der Waals surface area contributed by atoms with E-state index in [1.807, 2.05) is 0 Å². The molecule has 0 atom stereocenters. The minimum atomic E-state index is -4.34. The summed E-state index contributed by atoms with van der Waals surface area (Å²) in [4.78, 5) is 20.0. The number of aldehydes is 1. The lowest BCUT2D eigenvalue weighted by Crippen LogP contribution is -2.10. The summed E-state index contributed by atoms with van der Waals surface area (Å²) in [5.41, 5.74) is -0.0824. The van der Waals surface area contributed by atoms with Crippen LogP contribution in [0.3, 0.4) is 0 Å². The lowest BCUT2D eigenvalue weighted by atomic mass is 10.2. The summed E-state index contributed by atoms with van der Waals surface area (Å²) < 4.78 is 29.2. The summed E-state index contributed by atoms with van der Waals surface area (Å²) in [6, 6.07) is 8.31. The molecular formula is C13H8ClNO6S. The van der Waals surface area contributed by atoms with Crippen LogP contribution < -0.4 is 4.18 Å². The molecule has 0 saturated heterocycles. The SMILES string of the molecule is O=Cc1ccc(OS(=O)(=O)c2cc([N+](=O)[O-])ccc2Cl)cc1. The second-order valence-corrected chi connectivity index (χ2v) is 6.02. The van der Waals surface area contributed by atoms with Crippen LogP contribution in [0, 0.1) is 10.1 Å². The summed E-state index contributed by atoms with van der Waals surface area (Å²) in [7, 11) is -4.34. The molecule has 0 spiro atoms. The number of non-ortho nitro benzene ring substituents is 1. The Kier molecular flexibility index (Phi) is 4.43. The van der Waals surface area contributed by atoms with E-state index in [2.05, 4.69) is 0 Å². The van der Waals surface area contributed by atoms with Crippen LogP contribution in [-0.2, 0) is 10.1 Å². The average Bonchev–Trinajstić information content (AvgIpc) is 2.47. The van der Waals surface area contributed by atoms with E-state index in [4.69, 9.17) is 15.8 Å². The number of halogens is 1. The number of carbonyl (C=O) groups excluding carboxylic acids is 1. The second kappa shape index (κ2) is 6.12. The Morgan fingerprint density at radius 1 is 1.14 bits per heavy atom. The van der Waals surface area contributed by atoms with Crippen LogP contribution in [0.4, 0.5) is 5.69 Å². The maximum Gasteiger partial charge on any atom is 0.340 e. The fraction of sp³-hybridized carbons (Fsp3) is 0. The molecule has 114 valence electrons. The number of benzene rings is 2. The van der Waals surface area contributed by atoms with Gasteiger partial charge >= 0.3 is 10.1 Å². The largest absolute Gasteiger partial charge is 0.379 e. The quantitative estimate of drug-likeness (QED) is 0.358. The number of hydrogen-bond donors (Lipinski definition) is 0. The Morgan fingerprint density at radius 2 is 1.77 bits per heavy atom. The van der Waals surface area contributed by atoms with Crippen LogP contribution in [0.1, 0.15) is 10.4 Å².